The summed E-state index contributed by atoms with van der Waals surface area (Å²) < 4.78 is 11.0. The van der Waals surface area contributed by atoms with Crippen LogP contribution >= 0.6 is 11.6 Å². The molecule has 0 radical (unpaired) electrons. The van der Waals surface area contributed by atoms with Crippen molar-refractivity contribution in [3.8, 4) is 5.75 Å². The lowest BCUT2D eigenvalue weighted by atomic mass is 9.49. The topological polar surface area (TPSA) is 56.5 Å². The maximum atomic E-state index is 13.1. The van der Waals surface area contributed by atoms with E-state index in [2.05, 4.69) is 0 Å². The molecule has 4 bridgehead atoms. The molecule has 4 nitrogen and oxygen atoms in total. The lowest BCUT2D eigenvalue weighted by Gasteiger charge is -2.58. The zero-order valence-corrected chi connectivity index (χ0v) is 15.5. The van der Waals surface area contributed by atoms with Crippen molar-refractivity contribution in [1.82, 2.24) is 0 Å². The molecule has 6 rings (SSSR count). The number of alkyl halides is 1. The van der Waals surface area contributed by atoms with Gasteiger partial charge in [-0.15, -0.1) is 11.6 Å². The maximum absolute atomic E-state index is 13.1. The summed E-state index contributed by atoms with van der Waals surface area (Å²) in [7, 11) is 0. The number of fused-ring (bicyclic) bond motifs is 1. The van der Waals surface area contributed by atoms with Gasteiger partial charge in [0.1, 0.15) is 11.3 Å². The van der Waals surface area contributed by atoms with Gasteiger partial charge in [0, 0.05) is 22.4 Å². The van der Waals surface area contributed by atoms with Gasteiger partial charge in [0.25, 0.3) is 0 Å². The van der Waals surface area contributed by atoms with Gasteiger partial charge in [-0.05, 0) is 75.0 Å². The zero-order chi connectivity index (χ0) is 18.1. The highest BCUT2D eigenvalue weighted by Crippen LogP contribution is 2.64. The van der Waals surface area contributed by atoms with Gasteiger partial charge in [-0.25, -0.2) is 4.79 Å². The summed E-state index contributed by atoms with van der Waals surface area (Å²) in [6, 6.07) is 6.70. The van der Waals surface area contributed by atoms with Gasteiger partial charge in [-0.1, -0.05) is 0 Å². The highest BCUT2D eigenvalue weighted by atomic mass is 35.5. The normalized spacial score (nSPS) is 35.0. The molecule has 2 aromatic rings. The van der Waals surface area contributed by atoms with Gasteiger partial charge in [0.05, 0.1) is 5.41 Å². The molecule has 1 aromatic carbocycles. The van der Waals surface area contributed by atoms with Crippen molar-refractivity contribution in [3.05, 3.63) is 40.2 Å². The second kappa shape index (κ2) is 5.35. The molecule has 5 heteroatoms. The average Bonchev–Trinajstić information content (AvgIpc) is 2.51. The van der Waals surface area contributed by atoms with Crippen molar-refractivity contribution in [2.24, 2.45) is 17.3 Å². The zero-order valence-electron chi connectivity index (χ0n) is 14.7. The van der Waals surface area contributed by atoms with E-state index in [0.717, 1.165) is 43.1 Å². The summed E-state index contributed by atoms with van der Waals surface area (Å²) in [5, 5.41) is 0.846. The number of carbonyl (C=O) groups excluding carboxylic acids is 1. The summed E-state index contributed by atoms with van der Waals surface area (Å²) in [5.41, 5.74) is 0.441. The predicted molar refractivity (Wildman–Crippen MR) is 98.6 cm³/mol. The number of aryl methyl sites for hydroxylation is 1. The lowest BCUT2D eigenvalue weighted by molar-refractivity contribution is -0.159. The van der Waals surface area contributed by atoms with Gasteiger partial charge in [-0.3, -0.25) is 4.79 Å². The molecule has 2 unspecified atom stereocenters. The van der Waals surface area contributed by atoms with Crippen molar-refractivity contribution in [1.29, 1.82) is 0 Å². The second-order valence-electron chi connectivity index (χ2n) is 8.69. The van der Waals surface area contributed by atoms with Crippen LogP contribution in [-0.2, 0) is 4.79 Å². The molecule has 4 saturated carbocycles. The van der Waals surface area contributed by atoms with Crippen molar-refractivity contribution in [3.63, 3.8) is 0 Å². The Balaban J connectivity index is 1.45. The molecule has 26 heavy (non-hydrogen) atoms. The standard InChI is InChI=1S/C21H21ClO4/c1-12-4-18(23)26-17-6-15(2-3-16(12)17)25-19(24)20-7-13-5-14(8-20)10-21(22,9-13)11-20/h2-4,6,13-14H,5,7-11H2,1H3/t13-,14+,20?,21?. The lowest BCUT2D eigenvalue weighted by Crippen LogP contribution is -2.56. The molecular weight excluding hydrogens is 352 g/mol. The quantitative estimate of drug-likeness (QED) is 0.335. The van der Waals surface area contributed by atoms with Crippen molar-refractivity contribution in [2.45, 2.75) is 50.3 Å². The van der Waals surface area contributed by atoms with Gasteiger partial charge < -0.3 is 9.15 Å². The molecule has 0 N–H and O–H groups in total. The van der Waals surface area contributed by atoms with Crippen molar-refractivity contribution < 1.29 is 13.9 Å². The Kier molecular flexibility index (Phi) is 3.37. The van der Waals surface area contributed by atoms with Crippen LogP contribution < -0.4 is 10.4 Å². The largest absolute Gasteiger partial charge is 0.426 e. The monoisotopic (exact) mass is 372 g/mol. The van der Waals surface area contributed by atoms with Crippen molar-refractivity contribution in [2.75, 3.05) is 0 Å². The van der Waals surface area contributed by atoms with Crippen LogP contribution in [0.4, 0.5) is 0 Å². The number of esters is 1. The molecule has 0 aliphatic heterocycles. The minimum atomic E-state index is -0.450. The third-order valence-corrected chi connectivity index (χ3v) is 7.00. The minimum Gasteiger partial charge on any atom is -0.426 e. The summed E-state index contributed by atoms with van der Waals surface area (Å²) >= 11 is 6.82. The predicted octanol–water partition coefficient (Wildman–Crippen LogP) is 4.58. The van der Waals surface area contributed by atoms with E-state index in [-0.39, 0.29) is 10.8 Å². The Hall–Kier alpha value is -1.81. The highest BCUT2D eigenvalue weighted by Gasteiger charge is 2.60. The van der Waals surface area contributed by atoms with Crippen LogP contribution in [-0.4, -0.2) is 10.8 Å². The molecule has 1 heterocycles. The fourth-order valence-electron chi connectivity index (χ4n) is 5.97. The van der Waals surface area contributed by atoms with Crippen LogP contribution in [0.2, 0.25) is 0 Å². The molecule has 4 atom stereocenters. The van der Waals surface area contributed by atoms with Crippen LogP contribution in [0.25, 0.3) is 11.0 Å². The van der Waals surface area contributed by atoms with E-state index in [0.29, 0.717) is 23.2 Å². The van der Waals surface area contributed by atoms with Crippen LogP contribution in [0, 0.1) is 24.2 Å². The second-order valence-corrected chi connectivity index (χ2v) is 9.49. The van der Waals surface area contributed by atoms with Crippen LogP contribution in [0.1, 0.15) is 44.1 Å². The number of hydrogen-bond donors (Lipinski definition) is 0. The molecule has 0 spiro atoms. The van der Waals surface area contributed by atoms with Gasteiger partial charge in [0.15, 0.2) is 0 Å². The molecule has 4 aliphatic carbocycles. The third-order valence-electron chi connectivity index (χ3n) is 6.56. The van der Waals surface area contributed by atoms with Crippen molar-refractivity contribution >= 4 is 28.5 Å². The first-order valence-corrected chi connectivity index (χ1v) is 9.68. The smallest absolute Gasteiger partial charge is 0.336 e. The first kappa shape index (κ1) is 16.4. The number of halogens is 1. The fraction of sp³-hybridized carbons (Fsp3) is 0.524. The number of benzene rings is 1. The fourth-order valence-corrected chi connectivity index (χ4v) is 6.67. The number of carbonyl (C=O) groups is 1. The first-order valence-electron chi connectivity index (χ1n) is 9.30. The number of rotatable bonds is 2. The van der Waals surface area contributed by atoms with E-state index in [1.54, 1.807) is 12.1 Å². The minimum absolute atomic E-state index is 0.175. The number of ether oxygens (including phenoxy) is 1. The Morgan fingerprint density at radius 2 is 1.92 bits per heavy atom. The van der Waals surface area contributed by atoms with Crippen LogP contribution in [0.5, 0.6) is 5.75 Å². The van der Waals surface area contributed by atoms with E-state index in [4.69, 9.17) is 20.8 Å². The van der Waals surface area contributed by atoms with Gasteiger partial charge in [-0.2, -0.15) is 0 Å². The summed E-state index contributed by atoms with van der Waals surface area (Å²) in [6.45, 7) is 1.86. The Labute approximate surface area is 156 Å². The average molecular weight is 373 g/mol. The summed E-state index contributed by atoms with van der Waals surface area (Å²) in [4.78, 5) is 24.5. The van der Waals surface area contributed by atoms with Crippen LogP contribution in [0.3, 0.4) is 0 Å². The Morgan fingerprint density at radius 1 is 1.19 bits per heavy atom. The third kappa shape index (κ3) is 2.50. The molecular formula is C21H21ClO4. The van der Waals surface area contributed by atoms with Gasteiger partial charge >= 0.3 is 11.6 Å². The number of hydrogen-bond acceptors (Lipinski definition) is 4. The van der Waals surface area contributed by atoms with E-state index in [1.807, 2.05) is 13.0 Å². The van der Waals surface area contributed by atoms with E-state index in [9.17, 15) is 9.59 Å². The Bertz CT molecular complexity index is 962. The molecule has 136 valence electrons. The molecule has 0 amide bonds. The van der Waals surface area contributed by atoms with Gasteiger partial charge in [0.2, 0.25) is 0 Å². The highest BCUT2D eigenvalue weighted by molar-refractivity contribution is 6.24. The maximum Gasteiger partial charge on any atom is 0.336 e. The molecule has 1 aromatic heterocycles. The van der Waals surface area contributed by atoms with E-state index in [1.165, 1.54) is 12.5 Å². The van der Waals surface area contributed by atoms with Crippen LogP contribution in [0.15, 0.2) is 33.5 Å². The SMILES string of the molecule is Cc1cc(=O)oc2cc(OC(=O)C34C[C@@H]5C[C@@H](CC(Cl)(C5)C3)C4)ccc12. The van der Waals surface area contributed by atoms with E-state index < -0.39 is 11.0 Å². The summed E-state index contributed by atoms with van der Waals surface area (Å²) in [6.07, 6.45) is 5.75. The molecule has 0 saturated heterocycles. The summed E-state index contributed by atoms with van der Waals surface area (Å²) in [5.74, 6) is 1.33. The Morgan fingerprint density at radius 3 is 2.62 bits per heavy atom. The molecule has 4 fully saturated rings. The van der Waals surface area contributed by atoms with E-state index >= 15 is 0 Å². The molecule has 4 aliphatic rings. The first-order chi connectivity index (χ1) is 12.3.